The minimum absolute atomic E-state index is 0.0293. The van der Waals surface area contributed by atoms with E-state index >= 15 is 0 Å². The van der Waals surface area contributed by atoms with Gasteiger partial charge in [0.15, 0.2) is 0 Å². The lowest BCUT2D eigenvalue weighted by Crippen LogP contribution is -2.36. The van der Waals surface area contributed by atoms with Crippen molar-refractivity contribution >= 4 is 44.2 Å². The summed E-state index contributed by atoms with van der Waals surface area (Å²) >= 11 is 0. The monoisotopic (exact) mass is 587 g/mol. The number of carbonyl (C=O) groups is 1. The number of rotatable bonds is 9. The molecule has 42 heavy (non-hydrogen) atoms. The Bertz CT molecular complexity index is 1720. The molecular formula is C30H33N7O4S. The van der Waals surface area contributed by atoms with Gasteiger partial charge in [-0.05, 0) is 42.3 Å². The summed E-state index contributed by atoms with van der Waals surface area (Å²) in [7, 11) is -3.74. The minimum atomic E-state index is -3.74. The molecule has 1 amide bonds. The molecule has 11 nitrogen and oxygen atoms in total. The first-order valence-corrected chi connectivity index (χ1v) is 15.6. The van der Waals surface area contributed by atoms with Gasteiger partial charge in [-0.3, -0.25) is 9.52 Å². The first kappa shape index (κ1) is 27.7. The molecule has 12 heteroatoms. The van der Waals surface area contributed by atoms with Crippen LogP contribution in [0.4, 0.5) is 17.2 Å². The van der Waals surface area contributed by atoms with Crippen LogP contribution in [0, 0.1) is 0 Å². The summed E-state index contributed by atoms with van der Waals surface area (Å²) < 4.78 is 35.1. The van der Waals surface area contributed by atoms with Gasteiger partial charge in [-0.1, -0.05) is 36.9 Å². The van der Waals surface area contributed by atoms with Gasteiger partial charge in [-0.15, -0.1) is 0 Å². The van der Waals surface area contributed by atoms with Crippen molar-refractivity contribution < 1.29 is 17.9 Å². The summed E-state index contributed by atoms with van der Waals surface area (Å²) in [6, 6.07) is 16.8. The van der Waals surface area contributed by atoms with Crippen molar-refractivity contribution in [3.05, 3.63) is 79.1 Å². The quantitative estimate of drug-likeness (QED) is 0.254. The van der Waals surface area contributed by atoms with E-state index in [1.165, 1.54) is 12.4 Å². The van der Waals surface area contributed by atoms with Crippen LogP contribution < -0.4 is 19.8 Å². The molecule has 2 aromatic heterocycles. The molecule has 4 aromatic rings. The number of nitrogens with one attached hydrogen (secondary N) is 3. The highest BCUT2D eigenvalue weighted by Gasteiger charge is 2.24. The Labute approximate surface area is 244 Å². The number of sulfonamides is 1. The van der Waals surface area contributed by atoms with Gasteiger partial charge >= 0.3 is 0 Å². The number of morpholine rings is 1. The Morgan fingerprint density at radius 2 is 1.90 bits per heavy atom. The largest absolute Gasteiger partial charge is 0.378 e. The van der Waals surface area contributed by atoms with Gasteiger partial charge < -0.3 is 24.8 Å². The number of H-pyrrole nitrogens is 1. The fourth-order valence-electron chi connectivity index (χ4n) is 5.54. The second kappa shape index (κ2) is 11.8. The number of hydrogen-bond donors (Lipinski definition) is 3. The number of hydrogen-bond acceptors (Lipinski definition) is 8. The van der Waals surface area contributed by atoms with E-state index in [4.69, 9.17) is 4.74 Å². The van der Waals surface area contributed by atoms with Crippen LogP contribution in [0.15, 0.2) is 73.6 Å². The average molecular weight is 588 g/mol. The van der Waals surface area contributed by atoms with E-state index in [0.717, 1.165) is 48.6 Å². The van der Waals surface area contributed by atoms with Gasteiger partial charge in [-0.2, -0.15) is 0 Å². The minimum Gasteiger partial charge on any atom is -0.378 e. The first-order valence-electron chi connectivity index (χ1n) is 13.9. The molecule has 2 aromatic carbocycles. The normalized spacial score (nSPS) is 17.4. The molecular weight excluding hydrogens is 554 g/mol. The number of aromatic nitrogens is 3. The zero-order chi connectivity index (χ0) is 29.1. The second-order valence-electron chi connectivity index (χ2n) is 10.5. The van der Waals surface area contributed by atoms with E-state index in [0.29, 0.717) is 42.2 Å². The van der Waals surface area contributed by atoms with Crippen LogP contribution in [0.1, 0.15) is 12.0 Å². The average Bonchev–Trinajstić information content (AvgIpc) is 3.65. The summed E-state index contributed by atoms with van der Waals surface area (Å²) in [6.07, 6.45) is 3.62. The van der Waals surface area contributed by atoms with Crippen molar-refractivity contribution in [1.82, 2.24) is 20.3 Å². The standard InChI is InChI=1S/C30H33N7O4S/c1-2-28(38)33-22-10-11-37(18-22)23-7-5-6-21(16-23)19-42(39,40)35-26-9-4-3-8-24(26)27-17-25-29(34-27)31-20-32-30(25)36-12-14-41-15-13-36/h2-9,16-17,20,22,35H,1,10-15,18-19H2,(H,33,38)(H,31,32,34)/t22-/m1/s1. The van der Waals surface area contributed by atoms with Crippen LogP contribution in [-0.4, -0.2) is 74.7 Å². The Hall–Kier alpha value is -4.42. The topological polar surface area (TPSA) is 133 Å². The van der Waals surface area contributed by atoms with Gasteiger partial charge in [0, 0.05) is 49.2 Å². The van der Waals surface area contributed by atoms with Crippen LogP contribution >= 0.6 is 0 Å². The van der Waals surface area contributed by atoms with Crippen molar-refractivity contribution in [3.63, 3.8) is 0 Å². The molecule has 0 aliphatic carbocycles. The smallest absolute Gasteiger partial charge is 0.243 e. The van der Waals surface area contributed by atoms with E-state index < -0.39 is 10.0 Å². The maximum absolute atomic E-state index is 13.4. The highest BCUT2D eigenvalue weighted by Crippen LogP contribution is 2.33. The van der Waals surface area contributed by atoms with Crippen molar-refractivity contribution in [2.75, 3.05) is 53.9 Å². The van der Waals surface area contributed by atoms with E-state index in [9.17, 15) is 13.2 Å². The predicted octanol–water partition coefficient (Wildman–Crippen LogP) is 3.28. The molecule has 2 saturated heterocycles. The molecule has 6 rings (SSSR count). The van der Waals surface area contributed by atoms with Crippen molar-refractivity contribution in [3.8, 4) is 11.3 Å². The highest BCUT2D eigenvalue weighted by molar-refractivity contribution is 7.91. The molecule has 0 unspecified atom stereocenters. The molecule has 0 spiro atoms. The molecule has 218 valence electrons. The number of ether oxygens (including phenoxy) is 1. The third kappa shape index (κ3) is 6.09. The van der Waals surface area contributed by atoms with Gasteiger partial charge in [0.05, 0.1) is 30.0 Å². The molecule has 2 fully saturated rings. The van der Waals surface area contributed by atoms with Crippen LogP contribution in [0.25, 0.3) is 22.3 Å². The van der Waals surface area contributed by atoms with Crippen LogP contribution in [0.3, 0.4) is 0 Å². The summed E-state index contributed by atoms with van der Waals surface area (Å²) in [5.74, 6) is 0.459. The van der Waals surface area contributed by atoms with Crippen LogP contribution in [0.5, 0.6) is 0 Å². The maximum Gasteiger partial charge on any atom is 0.243 e. The highest BCUT2D eigenvalue weighted by atomic mass is 32.2. The van der Waals surface area contributed by atoms with Gasteiger partial charge in [-0.25, -0.2) is 18.4 Å². The molecule has 0 saturated carbocycles. The number of para-hydroxylation sites is 1. The lowest BCUT2D eigenvalue weighted by Gasteiger charge is -2.27. The van der Waals surface area contributed by atoms with Crippen molar-refractivity contribution in [2.45, 2.75) is 18.2 Å². The molecule has 4 heterocycles. The zero-order valence-corrected chi connectivity index (χ0v) is 23.9. The lowest BCUT2D eigenvalue weighted by atomic mass is 10.1. The first-order chi connectivity index (χ1) is 20.4. The lowest BCUT2D eigenvalue weighted by molar-refractivity contribution is -0.117. The number of carbonyl (C=O) groups excluding carboxylic acids is 1. The Morgan fingerprint density at radius 3 is 2.74 bits per heavy atom. The molecule has 2 aliphatic heterocycles. The van der Waals surface area contributed by atoms with Crippen molar-refractivity contribution in [2.24, 2.45) is 0 Å². The van der Waals surface area contributed by atoms with E-state index in [-0.39, 0.29) is 17.7 Å². The molecule has 3 N–H and O–H groups in total. The van der Waals surface area contributed by atoms with E-state index in [2.05, 4.69) is 41.4 Å². The fraction of sp³-hybridized carbons (Fsp3) is 0.300. The molecule has 0 bridgehead atoms. The number of nitrogens with zero attached hydrogens (tertiary/aromatic N) is 4. The third-order valence-corrected chi connectivity index (χ3v) is 8.79. The Morgan fingerprint density at radius 1 is 1.07 bits per heavy atom. The summed E-state index contributed by atoms with van der Waals surface area (Å²) in [5.41, 5.74) is 4.21. The number of benzene rings is 2. The van der Waals surface area contributed by atoms with Crippen LogP contribution in [-0.2, 0) is 25.3 Å². The number of fused-ring (bicyclic) bond motifs is 1. The summed E-state index contributed by atoms with van der Waals surface area (Å²) in [5, 5.41) is 3.81. The Balaban J connectivity index is 1.20. The second-order valence-corrected chi connectivity index (χ2v) is 12.2. The summed E-state index contributed by atoms with van der Waals surface area (Å²) in [4.78, 5) is 28.3. The molecule has 2 aliphatic rings. The third-order valence-electron chi connectivity index (χ3n) is 7.55. The number of amides is 1. The van der Waals surface area contributed by atoms with E-state index in [1.807, 2.05) is 42.5 Å². The SMILES string of the molecule is C=CC(=O)N[C@@H]1CCN(c2cccc(CS(=O)(=O)Nc3ccccc3-c3cc4c(N5CCOCC5)ncnc4[nH]3)c2)C1. The van der Waals surface area contributed by atoms with Gasteiger partial charge in [0.1, 0.15) is 17.8 Å². The number of aromatic amines is 1. The Kier molecular flexibility index (Phi) is 7.81. The van der Waals surface area contributed by atoms with E-state index in [1.54, 1.807) is 12.1 Å². The van der Waals surface area contributed by atoms with Gasteiger partial charge in [0.2, 0.25) is 15.9 Å². The molecule has 0 radical (unpaired) electrons. The van der Waals surface area contributed by atoms with Gasteiger partial charge in [0.25, 0.3) is 0 Å². The predicted molar refractivity (Wildman–Crippen MR) is 164 cm³/mol. The summed E-state index contributed by atoms with van der Waals surface area (Å²) in [6.45, 7) is 7.71. The fourth-order valence-corrected chi connectivity index (χ4v) is 6.75. The van der Waals surface area contributed by atoms with Crippen molar-refractivity contribution in [1.29, 1.82) is 0 Å². The number of anilines is 3. The molecule has 1 atom stereocenters. The zero-order valence-electron chi connectivity index (χ0n) is 23.1. The van der Waals surface area contributed by atoms with Crippen LogP contribution in [0.2, 0.25) is 0 Å². The maximum atomic E-state index is 13.4.